The summed E-state index contributed by atoms with van der Waals surface area (Å²) in [6.07, 6.45) is -4.12. The zero-order valence-electron chi connectivity index (χ0n) is 21.0. The minimum atomic E-state index is -2.97. The van der Waals surface area contributed by atoms with E-state index < -0.39 is 157 Å². The molecule has 0 aliphatic rings. The van der Waals surface area contributed by atoms with E-state index in [-0.39, 0.29) is 0 Å². The first-order chi connectivity index (χ1) is 20.8. The van der Waals surface area contributed by atoms with E-state index in [4.69, 9.17) is 0 Å². The smallest absolute Gasteiger partial charge is 0.259 e. The minimum absolute atomic E-state index is 0.446. The van der Waals surface area contributed by atoms with Gasteiger partial charge in [-0.25, -0.2) is 52.7 Å². The van der Waals surface area contributed by atoms with Gasteiger partial charge < -0.3 is 0 Å². The first-order valence-corrected chi connectivity index (χ1v) is 11.3. The highest BCUT2D eigenvalue weighted by molar-refractivity contribution is 6.02. The molecule has 0 aliphatic heterocycles. The Labute approximate surface area is 238 Å². The number of amides is 3. The van der Waals surface area contributed by atoms with Crippen LogP contribution in [0.1, 0.15) is 12.8 Å². The van der Waals surface area contributed by atoms with Crippen LogP contribution < -0.4 is 15.4 Å². The monoisotopic (exact) mass is 671 g/mol. The SMILES string of the molecule is O=C(CC(CC(=O)N(F)c1cc(F)c(F)c(F)c1F)C(=O)N(F)c1cc(F)c(F)c(F)c1F)N(F)c1cc(F)c(F)c(F)c1F. The van der Waals surface area contributed by atoms with Crippen molar-refractivity contribution in [2.75, 3.05) is 15.4 Å². The Kier molecular flexibility index (Phi) is 9.92. The molecule has 0 N–H and O–H groups in total. The summed E-state index contributed by atoms with van der Waals surface area (Å²) in [7, 11) is 0. The third-order valence-electron chi connectivity index (χ3n) is 5.71. The highest BCUT2D eigenvalue weighted by Crippen LogP contribution is 2.33. The van der Waals surface area contributed by atoms with Crippen molar-refractivity contribution in [3.63, 3.8) is 0 Å². The summed E-state index contributed by atoms with van der Waals surface area (Å²) in [6, 6.07) is -1.38. The maximum absolute atomic E-state index is 14.9. The van der Waals surface area contributed by atoms with Gasteiger partial charge in [-0.1, -0.05) is 13.4 Å². The molecule has 0 bridgehead atoms. The summed E-state index contributed by atoms with van der Waals surface area (Å²) in [5.41, 5.74) is -6.18. The third-order valence-corrected chi connectivity index (χ3v) is 5.71. The number of rotatable bonds is 8. The van der Waals surface area contributed by atoms with Crippen molar-refractivity contribution in [2.45, 2.75) is 12.8 Å². The first kappa shape index (κ1) is 34.5. The Bertz CT molecular complexity index is 1640. The van der Waals surface area contributed by atoms with Crippen LogP contribution in [0.2, 0.25) is 0 Å². The quantitative estimate of drug-likeness (QED) is 0.115. The van der Waals surface area contributed by atoms with Gasteiger partial charge in [0, 0.05) is 31.0 Å². The number of nitrogens with zero attached hydrogens (tertiary/aromatic N) is 3. The fraction of sp³-hybridized carbons (Fsp3) is 0.125. The van der Waals surface area contributed by atoms with Gasteiger partial charge in [0.1, 0.15) is 17.1 Å². The second-order valence-electron chi connectivity index (χ2n) is 8.53. The van der Waals surface area contributed by atoms with E-state index in [1.54, 1.807) is 0 Å². The van der Waals surface area contributed by atoms with E-state index in [0.29, 0.717) is 0 Å². The maximum Gasteiger partial charge on any atom is 0.259 e. The molecule has 6 nitrogen and oxygen atoms in total. The van der Waals surface area contributed by atoms with E-state index >= 15 is 0 Å². The van der Waals surface area contributed by atoms with Gasteiger partial charge in [-0.2, -0.15) is 0 Å². The average molecular weight is 671 g/mol. The molecule has 0 unspecified atom stereocenters. The number of halogens is 15. The van der Waals surface area contributed by atoms with Crippen LogP contribution in [0.25, 0.3) is 0 Å². The molecule has 0 radical (unpaired) electrons. The Morgan fingerprint density at radius 1 is 0.444 bits per heavy atom. The lowest BCUT2D eigenvalue weighted by Gasteiger charge is -2.23. The van der Waals surface area contributed by atoms with Crippen LogP contribution in [-0.4, -0.2) is 17.7 Å². The number of hydrogen-bond acceptors (Lipinski definition) is 3. The molecular weight excluding hydrogens is 663 g/mol. The third kappa shape index (κ3) is 6.45. The van der Waals surface area contributed by atoms with Crippen LogP contribution in [0.15, 0.2) is 18.2 Å². The lowest BCUT2D eigenvalue weighted by molar-refractivity contribution is -0.133. The molecule has 0 atom stereocenters. The molecule has 0 saturated carbocycles. The van der Waals surface area contributed by atoms with Crippen molar-refractivity contribution in [3.05, 3.63) is 88.0 Å². The number of hydrogen-bond donors (Lipinski definition) is 0. The summed E-state index contributed by atoms with van der Waals surface area (Å²) in [5.74, 6) is -40.6. The Hall–Kier alpha value is -4.98. The summed E-state index contributed by atoms with van der Waals surface area (Å²) in [6.45, 7) is 0. The molecule has 0 aromatic heterocycles. The molecule has 21 heteroatoms. The lowest BCUT2D eigenvalue weighted by Crippen LogP contribution is -2.38. The maximum atomic E-state index is 14.9. The fourth-order valence-corrected chi connectivity index (χ4v) is 3.49. The molecule has 3 rings (SSSR count). The Morgan fingerprint density at radius 3 is 1.00 bits per heavy atom. The molecule has 45 heavy (non-hydrogen) atoms. The van der Waals surface area contributed by atoms with Crippen molar-refractivity contribution < 1.29 is 80.5 Å². The fourth-order valence-electron chi connectivity index (χ4n) is 3.49. The summed E-state index contributed by atoms with van der Waals surface area (Å²) in [4.78, 5) is 37.5. The van der Waals surface area contributed by atoms with Crippen LogP contribution >= 0.6 is 0 Å². The highest BCUT2D eigenvalue weighted by Gasteiger charge is 2.38. The largest absolute Gasteiger partial charge is 0.272 e. The van der Waals surface area contributed by atoms with Crippen molar-refractivity contribution in [1.29, 1.82) is 0 Å². The summed E-state index contributed by atoms with van der Waals surface area (Å²) >= 11 is 0. The van der Waals surface area contributed by atoms with Crippen molar-refractivity contribution in [2.24, 2.45) is 5.92 Å². The molecule has 0 spiro atoms. The molecule has 0 fully saturated rings. The topological polar surface area (TPSA) is 60.9 Å². The lowest BCUT2D eigenvalue weighted by atomic mass is 9.98. The van der Waals surface area contributed by atoms with Gasteiger partial charge in [-0.3, -0.25) is 14.4 Å². The van der Waals surface area contributed by atoms with Crippen molar-refractivity contribution in [1.82, 2.24) is 0 Å². The number of benzene rings is 3. The molecule has 0 heterocycles. The van der Waals surface area contributed by atoms with Gasteiger partial charge in [0.15, 0.2) is 69.8 Å². The minimum Gasteiger partial charge on any atom is -0.272 e. The van der Waals surface area contributed by atoms with Gasteiger partial charge >= 0.3 is 0 Å². The van der Waals surface area contributed by atoms with Gasteiger partial charge in [0.2, 0.25) is 0 Å². The zero-order valence-corrected chi connectivity index (χ0v) is 21.0. The zero-order chi connectivity index (χ0) is 34.2. The van der Waals surface area contributed by atoms with Crippen LogP contribution in [0.5, 0.6) is 0 Å². The molecule has 242 valence electrons. The normalized spacial score (nSPS) is 11.2. The summed E-state index contributed by atoms with van der Waals surface area (Å²) < 4.78 is 207. The average Bonchev–Trinajstić information content (AvgIpc) is 3.01. The summed E-state index contributed by atoms with van der Waals surface area (Å²) in [5, 5.41) is -4.69. The molecular formula is C24H8F15N3O3. The first-order valence-electron chi connectivity index (χ1n) is 11.3. The predicted molar refractivity (Wildman–Crippen MR) is 117 cm³/mol. The standard InChI is InChI=1S/C24H8F15N3O3/c25-7-3-10(18(31)21(34)15(7)28)40(37)13(43)1-6(24(45)42(39)12-5-9(27)17(30)23(36)20(12)33)2-14(44)41(38)11-4-8(26)16(29)22(35)19(11)32/h3-6H,1-2H2. The van der Waals surface area contributed by atoms with E-state index in [9.17, 15) is 80.5 Å². The predicted octanol–water partition coefficient (Wildman–Crippen LogP) is 6.81. The van der Waals surface area contributed by atoms with Crippen LogP contribution in [0, 0.1) is 75.7 Å². The molecule has 3 amide bonds. The molecule has 0 saturated heterocycles. The Balaban J connectivity index is 2.03. The number of carbonyl (C=O) groups excluding carboxylic acids is 3. The Morgan fingerprint density at radius 2 is 0.711 bits per heavy atom. The van der Waals surface area contributed by atoms with Crippen LogP contribution in [0.3, 0.4) is 0 Å². The second-order valence-corrected chi connectivity index (χ2v) is 8.53. The van der Waals surface area contributed by atoms with Gasteiger partial charge in [0.05, 0.1) is 5.92 Å². The number of carbonyl (C=O) groups is 3. The van der Waals surface area contributed by atoms with Gasteiger partial charge in [-0.15, -0.1) is 15.4 Å². The second kappa shape index (κ2) is 12.9. The molecule has 3 aromatic carbocycles. The van der Waals surface area contributed by atoms with Gasteiger partial charge in [-0.05, 0) is 0 Å². The molecule has 3 aromatic rings. The molecule has 0 aliphatic carbocycles. The van der Waals surface area contributed by atoms with Crippen LogP contribution in [0.4, 0.5) is 83.2 Å². The van der Waals surface area contributed by atoms with Crippen molar-refractivity contribution >= 4 is 34.8 Å². The van der Waals surface area contributed by atoms with Gasteiger partial charge in [0.25, 0.3) is 17.7 Å². The van der Waals surface area contributed by atoms with Crippen LogP contribution in [-0.2, 0) is 14.4 Å². The highest BCUT2D eigenvalue weighted by atomic mass is 19.2. The van der Waals surface area contributed by atoms with Crippen molar-refractivity contribution in [3.8, 4) is 0 Å². The van der Waals surface area contributed by atoms with E-state index in [2.05, 4.69) is 0 Å². The van der Waals surface area contributed by atoms with E-state index in [1.807, 2.05) is 0 Å². The van der Waals surface area contributed by atoms with E-state index in [1.165, 1.54) is 0 Å². The number of anilines is 3. The van der Waals surface area contributed by atoms with E-state index in [0.717, 1.165) is 0 Å².